The zero-order chi connectivity index (χ0) is 25.7. The zero-order valence-electron chi connectivity index (χ0n) is 19.4. The van der Waals surface area contributed by atoms with Gasteiger partial charge in [0.15, 0.2) is 11.0 Å². The number of amides is 2. The van der Waals surface area contributed by atoms with E-state index in [2.05, 4.69) is 20.8 Å². The fourth-order valence-corrected chi connectivity index (χ4v) is 4.40. The van der Waals surface area contributed by atoms with Crippen LogP contribution in [-0.2, 0) is 11.8 Å². The molecule has 2 aromatic carbocycles. The Hall–Kier alpha value is -2.46. The van der Waals surface area contributed by atoms with Gasteiger partial charge in [0.1, 0.15) is 5.75 Å². The van der Waals surface area contributed by atoms with Crippen molar-refractivity contribution >= 4 is 64.1 Å². The normalized spacial score (nSPS) is 11.9. The highest BCUT2D eigenvalue weighted by Crippen LogP contribution is 2.29. The monoisotopic (exact) mass is 555 g/mol. The Bertz CT molecular complexity index is 1240. The minimum Gasteiger partial charge on any atom is -0.495 e. The van der Waals surface area contributed by atoms with E-state index in [1.807, 2.05) is 13.8 Å². The molecule has 3 aromatic rings. The molecule has 0 unspecified atom stereocenters. The molecule has 12 heteroatoms. The first-order valence-corrected chi connectivity index (χ1v) is 12.6. The van der Waals surface area contributed by atoms with Gasteiger partial charge in [0.05, 0.1) is 34.6 Å². The lowest BCUT2D eigenvalue weighted by Crippen LogP contribution is -2.33. The maximum absolute atomic E-state index is 12.8. The Balaban J connectivity index is 1.69. The van der Waals surface area contributed by atoms with Crippen LogP contribution in [0.5, 0.6) is 5.75 Å². The highest BCUT2D eigenvalue weighted by atomic mass is 35.5. The largest absolute Gasteiger partial charge is 0.495 e. The Morgan fingerprint density at radius 1 is 1.09 bits per heavy atom. The maximum Gasteiger partial charge on any atom is 0.251 e. The number of methoxy groups -OCH3 is 1. The van der Waals surface area contributed by atoms with E-state index in [1.54, 1.807) is 41.9 Å². The summed E-state index contributed by atoms with van der Waals surface area (Å²) in [5.74, 6) is 0.603. The molecule has 1 aromatic heterocycles. The van der Waals surface area contributed by atoms with Gasteiger partial charge in [-0.05, 0) is 42.3 Å². The molecule has 0 aliphatic heterocycles. The molecule has 2 amide bonds. The Morgan fingerprint density at radius 3 is 2.49 bits per heavy atom. The van der Waals surface area contributed by atoms with E-state index >= 15 is 0 Å². The van der Waals surface area contributed by atoms with Gasteiger partial charge in [0.2, 0.25) is 5.91 Å². The number of hydrogen-bond acceptors (Lipinski definition) is 6. The molecule has 186 valence electrons. The summed E-state index contributed by atoms with van der Waals surface area (Å²) in [5, 5.41) is 15.9. The molecule has 0 saturated heterocycles. The van der Waals surface area contributed by atoms with E-state index in [9.17, 15) is 9.59 Å². The van der Waals surface area contributed by atoms with E-state index in [-0.39, 0.29) is 23.5 Å². The molecule has 1 atom stereocenters. The van der Waals surface area contributed by atoms with Gasteiger partial charge in [0.25, 0.3) is 5.91 Å². The Morgan fingerprint density at radius 2 is 1.83 bits per heavy atom. The molecule has 8 nitrogen and oxygen atoms in total. The molecule has 0 saturated carbocycles. The van der Waals surface area contributed by atoms with Gasteiger partial charge < -0.3 is 19.9 Å². The smallest absolute Gasteiger partial charge is 0.251 e. The van der Waals surface area contributed by atoms with Crippen LogP contribution in [0.1, 0.15) is 36.1 Å². The SMILES string of the molecule is COc1ccc(Cl)cc1NC(=O)CSc1nnc([C@@H](NC(=O)c2ccc(Cl)c(Cl)c2)C(C)C)n1C. The summed E-state index contributed by atoms with van der Waals surface area (Å²) >= 11 is 19.2. The Kier molecular flexibility index (Phi) is 9.29. The number of aromatic nitrogens is 3. The molecule has 0 radical (unpaired) electrons. The van der Waals surface area contributed by atoms with Crippen molar-refractivity contribution in [1.29, 1.82) is 0 Å². The highest BCUT2D eigenvalue weighted by molar-refractivity contribution is 7.99. The van der Waals surface area contributed by atoms with E-state index in [4.69, 9.17) is 39.5 Å². The summed E-state index contributed by atoms with van der Waals surface area (Å²) in [6, 6.07) is 9.25. The average Bonchev–Trinajstić information content (AvgIpc) is 3.17. The van der Waals surface area contributed by atoms with E-state index in [0.29, 0.717) is 43.0 Å². The lowest BCUT2D eigenvalue weighted by Gasteiger charge is -2.22. The summed E-state index contributed by atoms with van der Waals surface area (Å²) in [6.07, 6.45) is 0. The summed E-state index contributed by atoms with van der Waals surface area (Å²) in [6.45, 7) is 3.93. The molecule has 0 aliphatic rings. The fraction of sp³-hybridized carbons (Fsp3) is 0.304. The van der Waals surface area contributed by atoms with Crippen LogP contribution in [0.3, 0.4) is 0 Å². The van der Waals surface area contributed by atoms with Crippen molar-refractivity contribution in [2.45, 2.75) is 25.0 Å². The van der Waals surface area contributed by atoms with Crippen molar-refractivity contribution in [3.8, 4) is 5.75 Å². The summed E-state index contributed by atoms with van der Waals surface area (Å²) < 4.78 is 7.02. The number of hydrogen-bond donors (Lipinski definition) is 2. The topological polar surface area (TPSA) is 98.1 Å². The first-order chi connectivity index (χ1) is 16.6. The van der Waals surface area contributed by atoms with Gasteiger partial charge >= 0.3 is 0 Å². The highest BCUT2D eigenvalue weighted by Gasteiger charge is 2.25. The van der Waals surface area contributed by atoms with Gasteiger partial charge in [-0.2, -0.15) is 0 Å². The van der Waals surface area contributed by atoms with Crippen LogP contribution in [0.4, 0.5) is 5.69 Å². The molecular weight excluding hydrogens is 533 g/mol. The van der Waals surface area contributed by atoms with Gasteiger partial charge in [0, 0.05) is 17.6 Å². The zero-order valence-corrected chi connectivity index (χ0v) is 22.5. The predicted molar refractivity (Wildman–Crippen MR) is 140 cm³/mol. The third kappa shape index (κ3) is 6.82. The van der Waals surface area contributed by atoms with Gasteiger partial charge in [-0.15, -0.1) is 10.2 Å². The van der Waals surface area contributed by atoms with E-state index < -0.39 is 6.04 Å². The number of ether oxygens (including phenoxy) is 1. The van der Waals surface area contributed by atoms with Crippen LogP contribution in [-0.4, -0.2) is 39.4 Å². The number of halogens is 3. The van der Waals surface area contributed by atoms with E-state index in [0.717, 1.165) is 0 Å². The minimum atomic E-state index is -0.423. The standard InChI is InChI=1S/C23H24Cl3N5O3S/c1-12(2)20(28-22(33)13-5-7-15(25)16(26)9-13)21-29-30-23(31(21)3)35-11-19(32)27-17-10-14(24)6-8-18(17)34-4/h5-10,12,20H,11H2,1-4H3,(H,27,32)(H,28,33)/t20-/m0/s1. The van der Waals surface area contributed by atoms with Crippen molar-refractivity contribution in [3.05, 3.63) is 62.9 Å². The molecule has 0 aliphatic carbocycles. The second-order valence-corrected chi connectivity index (χ2v) is 10.1. The van der Waals surface area contributed by atoms with Crippen LogP contribution < -0.4 is 15.4 Å². The van der Waals surface area contributed by atoms with Crippen LogP contribution >= 0.6 is 46.6 Å². The summed E-state index contributed by atoms with van der Waals surface area (Å²) in [4.78, 5) is 25.3. The Labute approximate surface area is 222 Å². The first-order valence-electron chi connectivity index (χ1n) is 10.5. The molecular formula is C23H24Cl3N5O3S. The summed E-state index contributed by atoms with van der Waals surface area (Å²) in [5.41, 5.74) is 0.865. The number of carbonyl (C=O) groups excluding carboxylic acids is 2. The van der Waals surface area contributed by atoms with E-state index in [1.165, 1.54) is 24.9 Å². The van der Waals surface area contributed by atoms with Crippen LogP contribution in [0.15, 0.2) is 41.6 Å². The molecule has 2 N–H and O–H groups in total. The molecule has 0 fully saturated rings. The third-order valence-corrected chi connectivity index (χ3v) is 7.04. The van der Waals surface area contributed by atoms with Crippen molar-refractivity contribution in [2.75, 3.05) is 18.2 Å². The van der Waals surface area contributed by atoms with Gasteiger partial charge in [-0.1, -0.05) is 60.4 Å². The molecule has 0 spiro atoms. The van der Waals surface area contributed by atoms with Crippen molar-refractivity contribution in [1.82, 2.24) is 20.1 Å². The minimum absolute atomic E-state index is 0.0149. The fourth-order valence-electron chi connectivity index (χ4n) is 3.21. The number of thioether (sulfide) groups is 1. The number of nitrogens with one attached hydrogen (secondary N) is 2. The summed E-state index contributed by atoms with van der Waals surface area (Å²) in [7, 11) is 3.30. The lowest BCUT2D eigenvalue weighted by atomic mass is 10.0. The predicted octanol–water partition coefficient (Wildman–Crippen LogP) is 5.64. The van der Waals surface area contributed by atoms with Crippen LogP contribution in [0.2, 0.25) is 15.1 Å². The number of nitrogens with zero attached hydrogens (tertiary/aromatic N) is 3. The molecule has 3 rings (SSSR count). The van der Waals surface area contributed by atoms with Gasteiger partial charge in [-0.3, -0.25) is 9.59 Å². The molecule has 0 bridgehead atoms. The number of anilines is 1. The van der Waals surface area contributed by atoms with Crippen molar-refractivity contribution in [3.63, 3.8) is 0 Å². The average molecular weight is 557 g/mol. The van der Waals surface area contributed by atoms with Crippen LogP contribution in [0.25, 0.3) is 0 Å². The number of carbonyl (C=O) groups is 2. The number of rotatable bonds is 9. The second-order valence-electron chi connectivity index (χ2n) is 7.91. The first kappa shape index (κ1) is 27.1. The van der Waals surface area contributed by atoms with Crippen molar-refractivity contribution in [2.24, 2.45) is 13.0 Å². The van der Waals surface area contributed by atoms with Crippen molar-refractivity contribution < 1.29 is 14.3 Å². The quantitative estimate of drug-likeness (QED) is 0.331. The lowest BCUT2D eigenvalue weighted by molar-refractivity contribution is -0.113. The molecule has 35 heavy (non-hydrogen) atoms. The van der Waals surface area contributed by atoms with Crippen LogP contribution in [0, 0.1) is 5.92 Å². The maximum atomic E-state index is 12.8. The number of benzene rings is 2. The second kappa shape index (κ2) is 12.0. The van der Waals surface area contributed by atoms with Gasteiger partial charge in [-0.25, -0.2) is 0 Å². The third-order valence-electron chi connectivity index (χ3n) is 5.05. The molecule has 1 heterocycles.